The van der Waals surface area contributed by atoms with Crippen LogP contribution in [0.5, 0.6) is 0 Å². The van der Waals surface area contributed by atoms with Crippen LogP contribution >= 0.6 is 11.3 Å². The summed E-state index contributed by atoms with van der Waals surface area (Å²) in [6.07, 6.45) is 2.59. The largest absolute Gasteiger partial charge is 0.368 e. The first-order chi connectivity index (χ1) is 9.60. The first-order valence-corrected chi connectivity index (χ1v) is 7.17. The van der Waals surface area contributed by atoms with Crippen LogP contribution in [-0.4, -0.2) is 16.5 Å². The van der Waals surface area contributed by atoms with Crippen molar-refractivity contribution >= 4 is 23.0 Å². The van der Waals surface area contributed by atoms with Crippen molar-refractivity contribution in [2.24, 2.45) is 0 Å². The molecule has 4 nitrogen and oxygen atoms in total. The standard InChI is InChI=1S/C13H16F2N4S/c1-3-4-16-12-9(14)5-10(15)13(19-12)18-7-11-17-6-8(2)20-11/h5-6H,3-4,7H2,1-2H3,(H2,16,18,19). The first kappa shape index (κ1) is 14.6. The molecule has 0 aliphatic heterocycles. The predicted octanol–water partition coefficient (Wildman–Crippen LogP) is 3.56. The second-order valence-corrected chi connectivity index (χ2v) is 5.61. The van der Waals surface area contributed by atoms with E-state index in [2.05, 4.69) is 20.6 Å². The lowest BCUT2D eigenvalue weighted by atomic mass is 10.3. The maximum atomic E-state index is 13.7. The highest BCUT2D eigenvalue weighted by Gasteiger charge is 2.11. The summed E-state index contributed by atoms with van der Waals surface area (Å²) in [4.78, 5) is 9.19. The molecule has 0 bridgehead atoms. The normalized spacial score (nSPS) is 10.6. The van der Waals surface area contributed by atoms with E-state index in [-0.39, 0.29) is 11.6 Å². The Hall–Kier alpha value is -1.76. The van der Waals surface area contributed by atoms with Gasteiger partial charge in [0.05, 0.1) is 6.54 Å². The Kier molecular flexibility index (Phi) is 4.84. The highest BCUT2D eigenvalue weighted by molar-refractivity contribution is 7.11. The number of nitrogens with one attached hydrogen (secondary N) is 2. The van der Waals surface area contributed by atoms with Gasteiger partial charge in [-0.1, -0.05) is 6.92 Å². The van der Waals surface area contributed by atoms with E-state index in [1.165, 1.54) is 11.3 Å². The molecule has 2 heterocycles. The monoisotopic (exact) mass is 298 g/mol. The number of hydrogen-bond donors (Lipinski definition) is 2. The fraction of sp³-hybridized carbons (Fsp3) is 0.385. The molecule has 2 rings (SSSR count). The van der Waals surface area contributed by atoms with Crippen molar-refractivity contribution in [3.8, 4) is 0 Å². The molecule has 2 N–H and O–H groups in total. The highest BCUT2D eigenvalue weighted by Crippen LogP contribution is 2.20. The number of thiazole rings is 1. The SMILES string of the molecule is CCCNc1nc(NCc2ncc(C)s2)c(F)cc1F. The lowest BCUT2D eigenvalue weighted by Gasteiger charge is -2.10. The van der Waals surface area contributed by atoms with Crippen molar-refractivity contribution in [2.75, 3.05) is 17.2 Å². The molecule has 2 aromatic heterocycles. The second-order valence-electron chi connectivity index (χ2n) is 4.29. The van der Waals surface area contributed by atoms with Crippen LogP contribution in [-0.2, 0) is 6.54 Å². The van der Waals surface area contributed by atoms with E-state index >= 15 is 0 Å². The average Bonchev–Trinajstić information content (AvgIpc) is 2.82. The topological polar surface area (TPSA) is 49.8 Å². The van der Waals surface area contributed by atoms with Crippen molar-refractivity contribution in [1.29, 1.82) is 0 Å². The molecule has 0 aromatic carbocycles. The summed E-state index contributed by atoms with van der Waals surface area (Å²) in [6.45, 7) is 4.85. The molecule has 7 heteroatoms. The number of pyridine rings is 1. The maximum Gasteiger partial charge on any atom is 0.168 e. The molecule has 0 radical (unpaired) electrons. The fourth-order valence-electron chi connectivity index (χ4n) is 1.60. The smallest absolute Gasteiger partial charge is 0.168 e. The highest BCUT2D eigenvalue weighted by atomic mass is 32.1. The Labute approximate surface area is 120 Å². The molecule has 0 aliphatic rings. The van der Waals surface area contributed by atoms with E-state index in [4.69, 9.17) is 0 Å². The van der Waals surface area contributed by atoms with Crippen LogP contribution in [0.3, 0.4) is 0 Å². The molecule has 108 valence electrons. The number of rotatable bonds is 6. The van der Waals surface area contributed by atoms with Gasteiger partial charge in [-0.3, -0.25) is 0 Å². The quantitative estimate of drug-likeness (QED) is 0.856. The van der Waals surface area contributed by atoms with Crippen molar-refractivity contribution in [3.63, 3.8) is 0 Å². The van der Waals surface area contributed by atoms with Crippen molar-refractivity contribution in [3.05, 3.63) is 33.8 Å². The van der Waals surface area contributed by atoms with Crippen LogP contribution in [0.1, 0.15) is 23.2 Å². The van der Waals surface area contributed by atoms with Crippen molar-refractivity contribution in [2.45, 2.75) is 26.8 Å². The lowest BCUT2D eigenvalue weighted by molar-refractivity contribution is 0.577. The molecular formula is C13H16F2N4S. The number of aromatic nitrogens is 2. The van der Waals surface area contributed by atoms with Gasteiger partial charge in [0.2, 0.25) is 0 Å². The first-order valence-electron chi connectivity index (χ1n) is 6.35. The number of anilines is 2. The van der Waals surface area contributed by atoms with Crippen molar-refractivity contribution in [1.82, 2.24) is 9.97 Å². The Balaban J connectivity index is 2.09. The Morgan fingerprint density at radius 3 is 2.50 bits per heavy atom. The average molecular weight is 298 g/mol. The summed E-state index contributed by atoms with van der Waals surface area (Å²) >= 11 is 1.52. The molecule has 0 spiro atoms. The molecule has 2 aromatic rings. The molecule has 0 saturated heterocycles. The summed E-state index contributed by atoms with van der Waals surface area (Å²) in [5.74, 6) is -1.31. The van der Waals surface area contributed by atoms with Crippen molar-refractivity contribution < 1.29 is 8.78 Å². The van der Waals surface area contributed by atoms with E-state index in [0.29, 0.717) is 13.1 Å². The summed E-state index contributed by atoms with van der Waals surface area (Å²) in [6, 6.07) is 0.834. The summed E-state index contributed by atoms with van der Waals surface area (Å²) in [7, 11) is 0. The van der Waals surface area contributed by atoms with Gasteiger partial charge < -0.3 is 10.6 Å². The molecule has 0 amide bonds. The van der Waals surface area contributed by atoms with Crippen LogP contribution in [0.25, 0.3) is 0 Å². The van der Waals surface area contributed by atoms with Gasteiger partial charge in [0, 0.05) is 23.7 Å². The third-order valence-corrected chi connectivity index (χ3v) is 3.46. The minimum absolute atomic E-state index is 0.0258. The number of aryl methyl sites for hydroxylation is 1. The zero-order chi connectivity index (χ0) is 14.5. The van der Waals surface area contributed by atoms with Gasteiger partial charge in [-0.05, 0) is 13.3 Å². The van der Waals surface area contributed by atoms with Gasteiger partial charge in [0.15, 0.2) is 23.3 Å². The third-order valence-electron chi connectivity index (χ3n) is 2.55. The molecule has 20 heavy (non-hydrogen) atoms. The Morgan fingerprint density at radius 1 is 1.20 bits per heavy atom. The lowest BCUT2D eigenvalue weighted by Crippen LogP contribution is -2.09. The number of nitrogens with zero attached hydrogens (tertiary/aromatic N) is 2. The zero-order valence-electron chi connectivity index (χ0n) is 11.3. The minimum atomic E-state index is -0.710. The Morgan fingerprint density at radius 2 is 1.90 bits per heavy atom. The van der Waals surface area contributed by atoms with Crippen LogP contribution in [0, 0.1) is 18.6 Å². The van der Waals surface area contributed by atoms with E-state index < -0.39 is 11.6 Å². The third kappa shape index (κ3) is 3.63. The predicted molar refractivity (Wildman–Crippen MR) is 77.1 cm³/mol. The minimum Gasteiger partial charge on any atom is -0.368 e. The molecular weight excluding hydrogens is 282 g/mol. The Bertz CT molecular complexity index is 586. The van der Waals surface area contributed by atoms with E-state index in [0.717, 1.165) is 22.4 Å². The number of halogens is 2. The van der Waals surface area contributed by atoms with Gasteiger partial charge in [0.1, 0.15) is 5.01 Å². The summed E-state index contributed by atoms with van der Waals surface area (Å²) < 4.78 is 27.2. The van der Waals surface area contributed by atoms with E-state index in [9.17, 15) is 8.78 Å². The van der Waals surface area contributed by atoms with Gasteiger partial charge >= 0.3 is 0 Å². The van der Waals surface area contributed by atoms with Crippen LogP contribution in [0.15, 0.2) is 12.3 Å². The molecule has 0 fully saturated rings. The van der Waals surface area contributed by atoms with Gasteiger partial charge in [-0.2, -0.15) is 0 Å². The summed E-state index contributed by atoms with van der Waals surface area (Å²) in [5, 5.41) is 6.50. The zero-order valence-corrected chi connectivity index (χ0v) is 12.2. The molecule has 0 atom stereocenters. The van der Waals surface area contributed by atoms with Gasteiger partial charge in [-0.15, -0.1) is 11.3 Å². The second kappa shape index (κ2) is 6.60. The molecule has 0 unspecified atom stereocenters. The summed E-state index contributed by atoms with van der Waals surface area (Å²) in [5.41, 5.74) is 0. The maximum absolute atomic E-state index is 13.7. The fourth-order valence-corrected chi connectivity index (χ4v) is 2.33. The molecule has 0 saturated carbocycles. The van der Waals surface area contributed by atoms with Gasteiger partial charge in [0.25, 0.3) is 0 Å². The van der Waals surface area contributed by atoms with E-state index in [1.807, 2.05) is 13.8 Å². The number of hydrogen-bond acceptors (Lipinski definition) is 5. The van der Waals surface area contributed by atoms with E-state index in [1.54, 1.807) is 6.20 Å². The van der Waals surface area contributed by atoms with Crippen LogP contribution in [0.4, 0.5) is 20.4 Å². The molecule has 0 aliphatic carbocycles. The van der Waals surface area contributed by atoms with Crippen LogP contribution in [0.2, 0.25) is 0 Å². The van der Waals surface area contributed by atoms with Crippen LogP contribution < -0.4 is 10.6 Å². The van der Waals surface area contributed by atoms with Gasteiger partial charge in [-0.25, -0.2) is 18.7 Å².